The average Bonchev–Trinajstić information content (AvgIpc) is 2.29. The third kappa shape index (κ3) is 2.92. The third-order valence-corrected chi connectivity index (χ3v) is 3.91. The highest BCUT2D eigenvalue weighted by atomic mass is 32.2. The average molecular weight is 240 g/mol. The molecule has 1 rings (SSSR count). The minimum Gasteiger partial charge on any atom is -0.497 e. The Morgan fingerprint density at radius 3 is 2.75 bits per heavy atom. The summed E-state index contributed by atoms with van der Waals surface area (Å²) in [5.74, 6) is -0.0448. The molecule has 3 nitrogen and oxygen atoms in total. The fraction of sp³-hybridized carbons (Fsp3) is 0.417. The Morgan fingerprint density at radius 1 is 1.56 bits per heavy atom. The fourth-order valence-corrected chi connectivity index (χ4v) is 2.27. The van der Waals surface area contributed by atoms with Crippen LogP contribution in [0.25, 0.3) is 0 Å². The van der Waals surface area contributed by atoms with Crippen molar-refractivity contribution in [2.45, 2.75) is 29.9 Å². The zero-order chi connectivity index (χ0) is 12.2. The van der Waals surface area contributed by atoms with E-state index in [0.29, 0.717) is 6.42 Å². The Bertz CT molecular complexity index is 378. The predicted molar refractivity (Wildman–Crippen MR) is 65.2 cm³/mol. The number of hydrogen-bond acceptors (Lipinski definition) is 3. The maximum atomic E-state index is 11.2. The van der Waals surface area contributed by atoms with Crippen molar-refractivity contribution in [3.05, 3.63) is 24.3 Å². The Hall–Kier alpha value is -1.16. The number of ether oxygens (including phenoxy) is 1. The summed E-state index contributed by atoms with van der Waals surface area (Å²) in [6.07, 6.45) is 0.574. The Kier molecular flexibility index (Phi) is 4.24. The second-order valence-corrected chi connectivity index (χ2v) is 5.25. The van der Waals surface area contributed by atoms with Gasteiger partial charge in [0.2, 0.25) is 0 Å². The molecule has 1 atom stereocenters. The standard InChI is InChI=1S/C12H16O3S/c1-4-12(2,11(13)14)16-10-7-5-6-9(8-10)15-3/h5-8H,4H2,1-3H3,(H,13,14). The number of aliphatic carboxylic acids is 1. The van der Waals surface area contributed by atoms with Gasteiger partial charge in [-0.2, -0.15) is 0 Å². The molecule has 0 amide bonds. The van der Waals surface area contributed by atoms with Crippen LogP contribution in [0.3, 0.4) is 0 Å². The smallest absolute Gasteiger partial charge is 0.319 e. The van der Waals surface area contributed by atoms with Crippen molar-refractivity contribution in [3.8, 4) is 5.75 Å². The Morgan fingerprint density at radius 2 is 2.25 bits per heavy atom. The molecule has 4 heteroatoms. The first-order valence-electron chi connectivity index (χ1n) is 5.08. The maximum Gasteiger partial charge on any atom is 0.319 e. The van der Waals surface area contributed by atoms with Crippen molar-refractivity contribution in [2.75, 3.05) is 7.11 Å². The van der Waals surface area contributed by atoms with Crippen molar-refractivity contribution >= 4 is 17.7 Å². The first-order chi connectivity index (χ1) is 7.51. The topological polar surface area (TPSA) is 46.5 Å². The van der Waals surface area contributed by atoms with Crippen LogP contribution in [0.15, 0.2) is 29.2 Å². The van der Waals surface area contributed by atoms with Gasteiger partial charge >= 0.3 is 5.97 Å². The zero-order valence-electron chi connectivity index (χ0n) is 9.69. The van der Waals surface area contributed by atoms with Gasteiger partial charge in [-0.15, -0.1) is 11.8 Å². The number of carboxylic acids is 1. The molecule has 88 valence electrons. The molecule has 0 aliphatic heterocycles. The van der Waals surface area contributed by atoms with E-state index in [1.807, 2.05) is 31.2 Å². The van der Waals surface area contributed by atoms with Crippen LogP contribution in [0.5, 0.6) is 5.75 Å². The van der Waals surface area contributed by atoms with Gasteiger partial charge < -0.3 is 9.84 Å². The van der Waals surface area contributed by atoms with Crippen LogP contribution < -0.4 is 4.74 Å². The van der Waals surface area contributed by atoms with E-state index in [1.165, 1.54) is 11.8 Å². The van der Waals surface area contributed by atoms with Crippen LogP contribution in [0.1, 0.15) is 20.3 Å². The molecule has 0 fully saturated rings. The molecule has 0 radical (unpaired) electrons. The van der Waals surface area contributed by atoms with E-state index in [0.717, 1.165) is 10.6 Å². The van der Waals surface area contributed by atoms with Gasteiger partial charge in [-0.05, 0) is 31.5 Å². The fourth-order valence-electron chi connectivity index (χ4n) is 1.19. The minimum absolute atomic E-state index is 0.574. The van der Waals surface area contributed by atoms with Crippen molar-refractivity contribution in [2.24, 2.45) is 0 Å². The van der Waals surface area contributed by atoms with Crippen molar-refractivity contribution in [1.29, 1.82) is 0 Å². The van der Waals surface area contributed by atoms with Gasteiger partial charge in [0.25, 0.3) is 0 Å². The van der Waals surface area contributed by atoms with Crippen molar-refractivity contribution in [1.82, 2.24) is 0 Å². The van der Waals surface area contributed by atoms with Gasteiger partial charge in [-0.3, -0.25) is 4.79 Å². The number of hydrogen-bond donors (Lipinski definition) is 1. The molecule has 0 heterocycles. The molecule has 0 aromatic heterocycles. The SMILES string of the molecule is CCC(C)(Sc1cccc(OC)c1)C(=O)O. The molecule has 1 aromatic rings. The molecule has 0 aliphatic rings. The molecule has 0 bridgehead atoms. The molecule has 1 unspecified atom stereocenters. The molecule has 0 aliphatic carbocycles. The van der Waals surface area contributed by atoms with E-state index in [-0.39, 0.29) is 0 Å². The minimum atomic E-state index is -0.789. The second kappa shape index (κ2) is 5.25. The van der Waals surface area contributed by atoms with Crippen LogP contribution in [0.4, 0.5) is 0 Å². The highest BCUT2D eigenvalue weighted by Crippen LogP contribution is 2.36. The van der Waals surface area contributed by atoms with E-state index >= 15 is 0 Å². The molecule has 0 saturated heterocycles. The molecule has 16 heavy (non-hydrogen) atoms. The number of benzene rings is 1. The van der Waals surface area contributed by atoms with Gasteiger partial charge in [0, 0.05) is 4.90 Å². The number of carboxylic acid groups (broad SMARTS) is 1. The lowest BCUT2D eigenvalue weighted by atomic mass is 10.1. The highest BCUT2D eigenvalue weighted by Gasteiger charge is 2.32. The molecular formula is C12H16O3S. The highest BCUT2D eigenvalue weighted by molar-refractivity contribution is 8.01. The van der Waals surface area contributed by atoms with E-state index in [1.54, 1.807) is 14.0 Å². The van der Waals surface area contributed by atoms with Crippen molar-refractivity contribution in [3.63, 3.8) is 0 Å². The third-order valence-electron chi connectivity index (χ3n) is 2.51. The van der Waals surface area contributed by atoms with Crippen LogP contribution in [0, 0.1) is 0 Å². The van der Waals surface area contributed by atoms with Gasteiger partial charge in [0.1, 0.15) is 10.5 Å². The largest absolute Gasteiger partial charge is 0.497 e. The predicted octanol–water partition coefficient (Wildman–Crippen LogP) is 3.04. The Balaban J connectivity index is 2.90. The number of thioether (sulfide) groups is 1. The van der Waals surface area contributed by atoms with Gasteiger partial charge in [-0.25, -0.2) is 0 Å². The van der Waals surface area contributed by atoms with E-state index < -0.39 is 10.7 Å². The Labute approximate surface area is 99.8 Å². The maximum absolute atomic E-state index is 11.2. The molecule has 1 aromatic carbocycles. The summed E-state index contributed by atoms with van der Waals surface area (Å²) in [4.78, 5) is 12.1. The number of carbonyl (C=O) groups is 1. The second-order valence-electron chi connectivity index (χ2n) is 3.67. The zero-order valence-corrected chi connectivity index (χ0v) is 10.5. The summed E-state index contributed by atoms with van der Waals surface area (Å²) in [5.41, 5.74) is 0. The van der Waals surface area contributed by atoms with Crippen LogP contribution in [-0.2, 0) is 4.79 Å². The summed E-state index contributed by atoms with van der Waals surface area (Å²) < 4.78 is 4.32. The lowest BCUT2D eigenvalue weighted by Crippen LogP contribution is -2.30. The molecule has 0 saturated carbocycles. The summed E-state index contributed by atoms with van der Waals surface area (Å²) >= 11 is 1.35. The van der Waals surface area contributed by atoms with Crippen LogP contribution >= 0.6 is 11.8 Å². The molecule has 0 spiro atoms. The first kappa shape index (κ1) is 12.9. The van der Waals surface area contributed by atoms with Gasteiger partial charge in [-0.1, -0.05) is 13.0 Å². The lowest BCUT2D eigenvalue weighted by Gasteiger charge is -2.22. The van der Waals surface area contributed by atoms with Crippen molar-refractivity contribution < 1.29 is 14.6 Å². The molecule has 1 N–H and O–H groups in total. The molecular weight excluding hydrogens is 224 g/mol. The van der Waals surface area contributed by atoms with E-state index in [9.17, 15) is 4.79 Å². The lowest BCUT2D eigenvalue weighted by molar-refractivity contribution is -0.139. The van der Waals surface area contributed by atoms with Gasteiger partial charge in [0.05, 0.1) is 7.11 Å². The summed E-state index contributed by atoms with van der Waals surface area (Å²) in [6.45, 7) is 3.61. The number of methoxy groups -OCH3 is 1. The quantitative estimate of drug-likeness (QED) is 0.803. The van der Waals surface area contributed by atoms with E-state index in [4.69, 9.17) is 9.84 Å². The summed E-state index contributed by atoms with van der Waals surface area (Å²) in [6, 6.07) is 7.44. The summed E-state index contributed by atoms with van der Waals surface area (Å²) in [5, 5.41) is 9.17. The normalized spacial score (nSPS) is 14.2. The first-order valence-corrected chi connectivity index (χ1v) is 5.90. The summed E-state index contributed by atoms with van der Waals surface area (Å²) in [7, 11) is 1.60. The monoisotopic (exact) mass is 240 g/mol. The van der Waals surface area contributed by atoms with E-state index in [2.05, 4.69) is 0 Å². The van der Waals surface area contributed by atoms with Crippen LogP contribution in [-0.4, -0.2) is 22.9 Å². The number of rotatable bonds is 5. The van der Waals surface area contributed by atoms with Gasteiger partial charge in [0.15, 0.2) is 0 Å². The van der Waals surface area contributed by atoms with Crippen LogP contribution in [0.2, 0.25) is 0 Å².